The molecule has 2 rings (SSSR count). The topological polar surface area (TPSA) is 52.9 Å². The van der Waals surface area contributed by atoms with Crippen molar-refractivity contribution in [1.29, 1.82) is 5.26 Å². The summed E-state index contributed by atoms with van der Waals surface area (Å²) >= 11 is 0.755. The van der Waals surface area contributed by atoms with Gasteiger partial charge >= 0.3 is 23.9 Å². The molecule has 0 fully saturated rings. The number of nitrogens with zero attached hydrogens (tertiary/aromatic N) is 1. The molecule has 11 heteroatoms. The summed E-state index contributed by atoms with van der Waals surface area (Å²) in [6.45, 7) is 6.01. The first-order chi connectivity index (χ1) is 12.5. The lowest BCUT2D eigenvalue weighted by molar-refractivity contribution is -0.343. The molecule has 1 aliphatic carbocycles. The Morgan fingerprint density at radius 3 is 2.18 bits per heavy atom. The number of amides is 1. The zero-order chi connectivity index (χ0) is 21.7. The van der Waals surface area contributed by atoms with E-state index < -0.39 is 28.9 Å². The van der Waals surface area contributed by atoms with Gasteiger partial charge in [-0.05, 0) is 36.2 Å². The number of nitrogens with one attached hydrogen (secondary N) is 1. The van der Waals surface area contributed by atoms with Gasteiger partial charge in [0, 0.05) is 4.88 Å². The molecular formula is C17H17F7N2OS. The molecule has 0 aliphatic heterocycles. The molecule has 1 aliphatic rings. The van der Waals surface area contributed by atoms with Crippen LogP contribution in [0.1, 0.15) is 43.2 Å². The highest BCUT2D eigenvalue weighted by Crippen LogP contribution is 2.48. The highest BCUT2D eigenvalue weighted by molar-refractivity contribution is 7.16. The average molecular weight is 430 g/mol. The van der Waals surface area contributed by atoms with Gasteiger partial charge in [0.05, 0.1) is 5.56 Å². The van der Waals surface area contributed by atoms with Crippen LogP contribution in [0.5, 0.6) is 0 Å². The van der Waals surface area contributed by atoms with Gasteiger partial charge in [0.25, 0.3) is 0 Å². The third-order valence-corrected chi connectivity index (χ3v) is 6.03. The Bertz CT molecular complexity index is 815. The van der Waals surface area contributed by atoms with E-state index in [1.54, 1.807) is 6.07 Å². The number of hydrogen-bond donors (Lipinski definition) is 1. The minimum absolute atomic E-state index is 0.0836. The Labute approximate surface area is 160 Å². The van der Waals surface area contributed by atoms with Crippen LogP contribution in [-0.2, 0) is 17.6 Å². The van der Waals surface area contributed by atoms with Crippen LogP contribution < -0.4 is 5.32 Å². The SMILES string of the molecule is CC(C)(C)C1CCc2c(sc(NC(=O)C(F)(F)C(F)(F)C(F)(F)F)c2C#N)C1. The third-order valence-electron chi connectivity index (χ3n) is 4.86. The molecule has 1 aromatic heterocycles. The molecule has 1 heterocycles. The van der Waals surface area contributed by atoms with Gasteiger partial charge in [0.15, 0.2) is 0 Å². The van der Waals surface area contributed by atoms with Crippen molar-refractivity contribution in [2.75, 3.05) is 5.32 Å². The van der Waals surface area contributed by atoms with Gasteiger partial charge in [-0.1, -0.05) is 20.8 Å². The third kappa shape index (κ3) is 3.71. The predicted molar refractivity (Wildman–Crippen MR) is 88.6 cm³/mol. The Morgan fingerprint density at radius 2 is 1.71 bits per heavy atom. The van der Waals surface area contributed by atoms with Gasteiger partial charge in [0.2, 0.25) is 0 Å². The van der Waals surface area contributed by atoms with Crippen molar-refractivity contribution in [1.82, 2.24) is 0 Å². The van der Waals surface area contributed by atoms with Crippen LogP contribution >= 0.6 is 11.3 Å². The summed E-state index contributed by atoms with van der Waals surface area (Å²) < 4.78 is 90.0. The molecule has 0 radical (unpaired) electrons. The molecule has 0 spiro atoms. The summed E-state index contributed by atoms with van der Waals surface area (Å²) in [6.07, 6.45) is -5.01. The van der Waals surface area contributed by atoms with Crippen LogP contribution in [0.15, 0.2) is 0 Å². The summed E-state index contributed by atoms with van der Waals surface area (Å²) in [5.74, 6) is -15.2. The summed E-state index contributed by atoms with van der Waals surface area (Å²) in [6, 6.07) is 1.72. The van der Waals surface area contributed by atoms with Crippen LogP contribution in [0.25, 0.3) is 0 Å². The van der Waals surface area contributed by atoms with E-state index in [4.69, 9.17) is 0 Å². The van der Waals surface area contributed by atoms with Crippen LogP contribution in [-0.4, -0.2) is 23.9 Å². The zero-order valence-corrected chi connectivity index (χ0v) is 15.9. The van der Waals surface area contributed by atoms with Crippen molar-refractivity contribution in [2.45, 2.75) is 58.1 Å². The lowest BCUT2D eigenvalue weighted by Crippen LogP contribution is -2.57. The maximum atomic E-state index is 13.6. The van der Waals surface area contributed by atoms with Crippen molar-refractivity contribution in [3.63, 3.8) is 0 Å². The van der Waals surface area contributed by atoms with Gasteiger partial charge < -0.3 is 5.32 Å². The number of rotatable bonds is 3. The number of fused-ring (bicyclic) bond motifs is 1. The summed E-state index contributed by atoms with van der Waals surface area (Å²) in [5, 5.41) is 10.3. The van der Waals surface area contributed by atoms with Crippen LogP contribution in [0.2, 0.25) is 0 Å². The summed E-state index contributed by atoms with van der Waals surface area (Å²) in [5.41, 5.74) is 0.251. The fourth-order valence-corrected chi connectivity index (χ4v) is 4.31. The van der Waals surface area contributed by atoms with Crippen molar-refractivity contribution in [3.05, 3.63) is 16.0 Å². The number of anilines is 1. The van der Waals surface area contributed by atoms with Gasteiger partial charge in [0.1, 0.15) is 11.1 Å². The molecule has 3 nitrogen and oxygen atoms in total. The minimum atomic E-state index is -6.61. The van der Waals surface area contributed by atoms with Gasteiger partial charge in [-0.15, -0.1) is 11.3 Å². The first kappa shape index (κ1) is 22.5. The smallest absolute Gasteiger partial charge is 0.311 e. The maximum Gasteiger partial charge on any atom is 0.460 e. The second-order valence-electron chi connectivity index (χ2n) is 7.73. The lowest BCUT2D eigenvalue weighted by atomic mass is 9.72. The van der Waals surface area contributed by atoms with Gasteiger partial charge in [-0.2, -0.15) is 36.0 Å². The highest BCUT2D eigenvalue weighted by atomic mass is 32.1. The number of carbonyl (C=O) groups excluding carboxylic acids is 1. The van der Waals surface area contributed by atoms with Crippen molar-refractivity contribution >= 4 is 22.2 Å². The second-order valence-corrected chi connectivity index (χ2v) is 8.83. The fraction of sp³-hybridized carbons (Fsp3) is 0.647. The second kappa shape index (κ2) is 6.90. The standard InChI is InChI=1S/C17H17F7N2OS/c1-14(2,3)8-4-5-9-10(7-25)12(28-11(9)6-8)26-13(27)15(18,19)16(20,21)17(22,23)24/h8H,4-6H2,1-3H3,(H,26,27). The van der Waals surface area contributed by atoms with Crippen LogP contribution in [0, 0.1) is 22.7 Å². The molecule has 0 bridgehead atoms. The minimum Gasteiger partial charge on any atom is -0.311 e. The van der Waals surface area contributed by atoms with E-state index in [0.29, 0.717) is 29.7 Å². The number of thiophene rings is 1. The summed E-state index contributed by atoms with van der Waals surface area (Å²) in [4.78, 5) is 12.2. The molecule has 28 heavy (non-hydrogen) atoms. The van der Waals surface area contributed by atoms with E-state index in [1.807, 2.05) is 20.8 Å². The van der Waals surface area contributed by atoms with Crippen molar-refractivity contribution in [3.8, 4) is 6.07 Å². The van der Waals surface area contributed by atoms with E-state index in [1.165, 1.54) is 5.32 Å². The van der Waals surface area contributed by atoms with E-state index in [-0.39, 0.29) is 16.9 Å². The van der Waals surface area contributed by atoms with Crippen LogP contribution in [0.4, 0.5) is 35.7 Å². The molecule has 1 N–H and O–H groups in total. The molecule has 1 aromatic rings. The zero-order valence-electron chi connectivity index (χ0n) is 15.1. The first-order valence-corrected chi connectivity index (χ1v) is 9.04. The number of halogens is 7. The first-order valence-electron chi connectivity index (χ1n) is 8.22. The fourth-order valence-electron chi connectivity index (χ4n) is 3.03. The van der Waals surface area contributed by atoms with E-state index in [0.717, 1.165) is 11.3 Å². The molecule has 156 valence electrons. The van der Waals surface area contributed by atoms with Crippen molar-refractivity contribution < 1.29 is 35.5 Å². The molecule has 1 amide bonds. The molecule has 0 saturated heterocycles. The number of nitriles is 1. The van der Waals surface area contributed by atoms with Crippen LogP contribution in [0.3, 0.4) is 0 Å². The molecule has 0 saturated carbocycles. The Balaban J connectivity index is 2.35. The highest BCUT2D eigenvalue weighted by Gasteiger charge is 2.76. The monoisotopic (exact) mass is 430 g/mol. The predicted octanol–water partition coefficient (Wildman–Crippen LogP) is 5.54. The molecule has 1 unspecified atom stereocenters. The largest absolute Gasteiger partial charge is 0.460 e. The molecular weight excluding hydrogens is 413 g/mol. The quantitative estimate of drug-likeness (QED) is 0.640. The van der Waals surface area contributed by atoms with E-state index >= 15 is 0 Å². The van der Waals surface area contributed by atoms with Gasteiger partial charge in [-0.3, -0.25) is 4.79 Å². The lowest BCUT2D eigenvalue weighted by Gasteiger charge is -2.33. The Kier molecular flexibility index (Phi) is 5.53. The van der Waals surface area contributed by atoms with E-state index in [2.05, 4.69) is 0 Å². The van der Waals surface area contributed by atoms with Crippen molar-refractivity contribution in [2.24, 2.45) is 11.3 Å². The summed E-state index contributed by atoms with van der Waals surface area (Å²) in [7, 11) is 0. The molecule has 1 atom stereocenters. The Hall–Kier alpha value is -1.83. The number of alkyl halides is 7. The van der Waals surface area contributed by atoms with E-state index in [9.17, 15) is 40.8 Å². The number of hydrogen-bond acceptors (Lipinski definition) is 3. The number of carbonyl (C=O) groups is 1. The normalized spacial score (nSPS) is 18.4. The van der Waals surface area contributed by atoms with Gasteiger partial charge in [-0.25, -0.2) is 0 Å². The average Bonchev–Trinajstić information content (AvgIpc) is 2.88. The molecule has 0 aromatic carbocycles. The maximum absolute atomic E-state index is 13.6. The Morgan fingerprint density at radius 1 is 1.14 bits per heavy atom.